The third kappa shape index (κ3) is 3.75. The van der Waals surface area contributed by atoms with Gasteiger partial charge in [-0.3, -0.25) is 4.57 Å². The van der Waals surface area contributed by atoms with Gasteiger partial charge in [0.15, 0.2) is 23.2 Å². The average Bonchev–Trinajstić information content (AvgIpc) is 3.29. The second-order valence-corrected chi connectivity index (χ2v) is 6.89. The fraction of sp³-hybridized carbons (Fsp3) is 0.421. The summed E-state index contributed by atoms with van der Waals surface area (Å²) < 4.78 is 17.9. The number of methoxy groups -OCH3 is 1. The van der Waals surface area contributed by atoms with Crippen molar-refractivity contribution in [2.24, 2.45) is 0 Å². The Morgan fingerprint density at radius 2 is 2.07 bits per heavy atom. The highest BCUT2D eigenvalue weighted by molar-refractivity contribution is 5.82. The maximum absolute atomic E-state index is 10.3. The molecule has 1 aromatic carbocycles. The highest BCUT2D eigenvalue weighted by Gasteiger charge is 2.44. The van der Waals surface area contributed by atoms with Crippen molar-refractivity contribution >= 4 is 17.0 Å². The molecule has 5 N–H and O–H groups in total. The molecule has 30 heavy (non-hydrogen) atoms. The van der Waals surface area contributed by atoms with Crippen molar-refractivity contribution in [3.05, 3.63) is 36.2 Å². The van der Waals surface area contributed by atoms with Gasteiger partial charge in [-0.1, -0.05) is 12.1 Å². The van der Waals surface area contributed by atoms with Crippen molar-refractivity contribution < 1.29 is 29.5 Å². The van der Waals surface area contributed by atoms with Gasteiger partial charge in [-0.2, -0.15) is 9.97 Å². The standard InChI is InChI=1S/C19H23N5O6/c1-28-11-4-2-3-10(7-11)5-6-29-19-22-16(20)13-17(23-19)24(9-21-13)18-15(27)14(26)12(8-25)30-18/h2-4,7,9,12,14-15,18,25-27H,5-6,8H2,1H3,(H2,20,22,23)/t12-,14?,15?,18-/m1/s1. The van der Waals surface area contributed by atoms with Crippen molar-refractivity contribution in [1.29, 1.82) is 0 Å². The number of aliphatic hydroxyl groups excluding tert-OH is 3. The van der Waals surface area contributed by atoms with Crippen LogP contribution in [-0.2, 0) is 11.2 Å². The van der Waals surface area contributed by atoms with Gasteiger partial charge in [-0.25, -0.2) is 4.98 Å². The Bertz CT molecular complexity index is 1030. The van der Waals surface area contributed by atoms with Crippen LogP contribution in [0.4, 0.5) is 5.82 Å². The van der Waals surface area contributed by atoms with Crippen molar-refractivity contribution in [3.8, 4) is 11.8 Å². The molecule has 0 radical (unpaired) electrons. The summed E-state index contributed by atoms with van der Waals surface area (Å²) in [6, 6.07) is 7.69. The van der Waals surface area contributed by atoms with Crippen LogP contribution in [0.1, 0.15) is 11.8 Å². The topological polar surface area (TPSA) is 158 Å². The molecule has 1 fully saturated rings. The smallest absolute Gasteiger partial charge is 0.320 e. The minimum atomic E-state index is -1.27. The molecule has 11 nitrogen and oxygen atoms in total. The summed E-state index contributed by atoms with van der Waals surface area (Å²) in [6.45, 7) is -0.128. The minimum Gasteiger partial charge on any atom is -0.497 e. The van der Waals surface area contributed by atoms with Crippen LogP contribution in [0.25, 0.3) is 11.2 Å². The lowest BCUT2D eigenvalue weighted by Crippen LogP contribution is -2.33. The van der Waals surface area contributed by atoms with E-state index in [1.54, 1.807) is 7.11 Å². The lowest BCUT2D eigenvalue weighted by Gasteiger charge is -2.16. The van der Waals surface area contributed by atoms with Gasteiger partial charge in [0, 0.05) is 6.42 Å². The first kappa shape index (κ1) is 20.3. The molecule has 0 saturated carbocycles. The molecule has 3 aromatic rings. The SMILES string of the molecule is COc1cccc(CCOc2nc(N)c3ncn([C@@H]4O[C@H](CO)C(O)C4O)c3n2)c1. The van der Waals surface area contributed by atoms with E-state index >= 15 is 0 Å². The molecule has 4 atom stereocenters. The summed E-state index contributed by atoms with van der Waals surface area (Å²) in [5.41, 5.74) is 7.62. The zero-order chi connectivity index (χ0) is 21.3. The van der Waals surface area contributed by atoms with Crippen LogP contribution in [-0.4, -0.2) is 73.5 Å². The molecular formula is C19H23N5O6. The predicted molar refractivity (Wildman–Crippen MR) is 105 cm³/mol. The molecule has 0 aliphatic carbocycles. The number of fused-ring (bicyclic) bond motifs is 1. The van der Waals surface area contributed by atoms with E-state index in [0.29, 0.717) is 18.5 Å². The minimum absolute atomic E-state index is 0.0522. The molecule has 1 aliphatic heterocycles. The van der Waals surface area contributed by atoms with Crippen molar-refractivity contribution in [3.63, 3.8) is 0 Å². The summed E-state index contributed by atoms with van der Waals surface area (Å²) in [7, 11) is 1.61. The number of rotatable bonds is 7. The van der Waals surface area contributed by atoms with E-state index in [-0.39, 0.29) is 17.5 Å². The zero-order valence-electron chi connectivity index (χ0n) is 16.3. The number of nitrogen functional groups attached to an aromatic ring is 1. The first-order valence-corrected chi connectivity index (χ1v) is 9.40. The highest BCUT2D eigenvalue weighted by atomic mass is 16.6. The molecule has 11 heteroatoms. The number of nitrogens with zero attached hydrogens (tertiary/aromatic N) is 4. The monoisotopic (exact) mass is 417 g/mol. The summed E-state index contributed by atoms with van der Waals surface area (Å²) in [4.78, 5) is 12.6. The van der Waals surface area contributed by atoms with Gasteiger partial charge in [0.2, 0.25) is 0 Å². The summed E-state index contributed by atoms with van der Waals surface area (Å²) >= 11 is 0. The van der Waals surface area contributed by atoms with Gasteiger partial charge in [0.1, 0.15) is 24.1 Å². The lowest BCUT2D eigenvalue weighted by molar-refractivity contribution is -0.0511. The molecule has 1 saturated heterocycles. The number of ether oxygens (including phenoxy) is 3. The maximum Gasteiger partial charge on any atom is 0.320 e. The number of aromatic nitrogens is 4. The van der Waals surface area contributed by atoms with E-state index in [4.69, 9.17) is 19.9 Å². The molecule has 160 valence electrons. The molecule has 1 aliphatic rings. The Hall–Kier alpha value is -2.99. The number of aliphatic hydroxyl groups is 3. The van der Waals surface area contributed by atoms with E-state index < -0.39 is 31.1 Å². The maximum atomic E-state index is 10.3. The van der Waals surface area contributed by atoms with Gasteiger partial charge >= 0.3 is 6.01 Å². The largest absolute Gasteiger partial charge is 0.497 e. The predicted octanol–water partition coefficient (Wildman–Crippen LogP) is -0.350. The first-order chi connectivity index (χ1) is 14.5. The van der Waals surface area contributed by atoms with E-state index in [1.165, 1.54) is 10.9 Å². The Labute approximate surface area is 171 Å². The number of hydrogen-bond donors (Lipinski definition) is 4. The molecule has 0 amide bonds. The normalized spacial score (nSPS) is 23.7. The third-order valence-corrected chi connectivity index (χ3v) is 4.98. The molecule has 2 aromatic heterocycles. The number of imidazole rings is 1. The van der Waals surface area contributed by atoms with Crippen molar-refractivity contribution in [2.75, 3.05) is 26.1 Å². The summed E-state index contributed by atoms with van der Waals surface area (Å²) in [5, 5.41) is 29.6. The van der Waals surface area contributed by atoms with Crippen LogP contribution in [0.15, 0.2) is 30.6 Å². The quantitative estimate of drug-likeness (QED) is 0.400. The van der Waals surface area contributed by atoms with Gasteiger partial charge in [0.05, 0.1) is 26.7 Å². The van der Waals surface area contributed by atoms with E-state index in [0.717, 1.165) is 11.3 Å². The van der Waals surface area contributed by atoms with Gasteiger partial charge < -0.3 is 35.3 Å². The first-order valence-electron chi connectivity index (χ1n) is 9.40. The van der Waals surface area contributed by atoms with Gasteiger partial charge in [0.25, 0.3) is 0 Å². The van der Waals surface area contributed by atoms with E-state index in [1.807, 2.05) is 24.3 Å². The molecule has 0 spiro atoms. The molecular weight excluding hydrogens is 394 g/mol. The second-order valence-electron chi connectivity index (χ2n) is 6.89. The van der Waals surface area contributed by atoms with Crippen molar-refractivity contribution in [1.82, 2.24) is 19.5 Å². The van der Waals surface area contributed by atoms with Gasteiger partial charge in [-0.15, -0.1) is 0 Å². The molecule has 2 unspecified atom stereocenters. The van der Waals surface area contributed by atoms with Crippen LogP contribution in [0.5, 0.6) is 11.8 Å². The number of anilines is 1. The van der Waals surface area contributed by atoms with Crippen LogP contribution in [0.3, 0.4) is 0 Å². The van der Waals surface area contributed by atoms with Crippen molar-refractivity contribution in [2.45, 2.75) is 31.0 Å². The zero-order valence-corrected chi connectivity index (χ0v) is 16.3. The van der Waals surface area contributed by atoms with Crippen LogP contribution in [0.2, 0.25) is 0 Å². The number of nitrogens with two attached hydrogens (primary N) is 1. The lowest BCUT2D eigenvalue weighted by atomic mass is 10.1. The average molecular weight is 417 g/mol. The molecule has 3 heterocycles. The van der Waals surface area contributed by atoms with E-state index in [9.17, 15) is 15.3 Å². The van der Waals surface area contributed by atoms with Crippen LogP contribution >= 0.6 is 0 Å². The molecule has 4 rings (SSSR count). The summed E-state index contributed by atoms with van der Waals surface area (Å²) in [5.74, 6) is 0.874. The van der Waals surface area contributed by atoms with E-state index in [2.05, 4.69) is 15.0 Å². The Morgan fingerprint density at radius 3 is 2.80 bits per heavy atom. The highest BCUT2D eigenvalue weighted by Crippen LogP contribution is 2.32. The molecule has 0 bridgehead atoms. The van der Waals surface area contributed by atoms with Crippen LogP contribution in [0, 0.1) is 0 Å². The Kier molecular flexibility index (Phi) is 5.68. The number of benzene rings is 1. The Morgan fingerprint density at radius 1 is 1.23 bits per heavy atom. The fourth-order valence-corrected chi connectivity index (χ4v) is 3.37. The van der Waals surface area contributed by atoms with Crippen LogP contribution < -0.4 is 15.2 Å². The Balaban J connectivity index is 1.53. The summed E-state index contributed by atoms with van der Waals surface area (Å²) in [6.07, 6.45) is -2.42. The second kappa shape index (κ2) is 8.40. The number of hydrogen-bond acceptors (Lipinski definition) is 10. The fourth-order valence-electron chi connectivity index (χ4n) is 3.37. The van der Waals surface area contributed by atoms with Gasteiger partial charge in [-0.05, 0) is 17.7 Å². The third-order valence-electron chi connectivity index (χ3n) is 4.98.